The van der Waals surface area contributed by atoms with Crippen LogP contribution >= 0.6 is 11.3 Å². The highest BCUT2D eigenvalue weighted by Crippen LogP contribution is 2.38. The standard InChI is InChI=1S/C20H19NO2S/c22-18-12-16(19-7-4-10-24-19)11-17-14-21(8-9-23-20(17)18)13-15-5-2-1-3-6-15/h1-7,10-12,22H,8-9,13-14H2. The second-order valence-corrected chi connectivity index (χ2v) is 6.95. The fourth-order valence-corrected chi connectivity index (χ4v) is 3.83. The average molecular weight is 337 g/mol. The molecule has 0 atom stereocenters. The minimum atomic E-state index is 0.234. The number of hydrogen-bond acceptors (Lipinski definition) is 4. The molecule has 0 fully saturated rings. The van der Waals surface area contributed by atoms with Crippen LogP contribution in [0.5, 0.6) is 11.5 Å². The van der Waals surface area contributed by atoms with Crippen molar-refractivity contribution >= 4 is 11.3 Å². The molecule has 1 N–H and O–H groups in total. The number of fused-ring (bicyclic) bond motifs is 1. The van der Waals surface area contributed by atoms with Crippen molar-refractivity contribution in [2.24, 2.45) is 0 Å². The van der Waals surface area contributed by atoms with Gasteiger partial charge < -0.3 is 9.84 Å². The van der Waals surface area contributed by atoms with Crippen molar-refractivity contribution in [3.63, 3.8) is 0 Å². The summed E-state index contributed by atoms with van der Waals surface area (Å²) in [5.41, 5.74) is 3.39. The molecule has 0 saturated heterocycles. The third kappa shape index (κ3) is 3.16. The molecular formula is C20H19NO2S. The van der Waals surface area contributed by atoms with Gasteiger partial charge in [-0.2, -0.15) is 0 Å². The highest BCUT2D eigenvalue weighted by molar-refractivity contribution is 7.13. The van der Waals surface area contributed by atoms with Crippen LogP contribution in [-0.2, 0) is 13.1 Å². The summed E-state index contributed by atoms with van der Waals surface area (Å²) in [6.45, 7) is 3.09. The van der Waals surface area contributed by atoms with E-state index in [1.165, 1.54) is 5.56 Å². The molecule has 0 aliphatic carbocycles. The summed E-state index contributed by atoms with van der Waals surface area (Å²) in [7, 11) is 0. The molecule has 0 radical (unpaired) electrons. The van der Waals surface area contributed by atoms with Gasteiger partial charge in [-0.05, 0) is 34.7 Å². The lowest BCUT2D eigenvalue weighted by molar-refractivity contribution is 0.217. The Labute approximate surface area is 145 Å². The first-order valence-electron chi connectivity index (χ1n) is 8.08. The van der Waals surface area contributed by atoms with Gasteiger partial charge in [-0.3, -0.25) is 4.90 Å². The molecule has 24 heavy (non-hydrogen) atoms. The number of benzene rings is 2. The van der Waals surface area contributed by atoms with Gasteiger partial charge in [0.2, 0.25) is 0 Å². The van der Waals surface area contributed by atoms with Gasteiger partial charge in [-0.25, -0.2) is 0 Å². The van der Waals surface area contributed by atoms with E-state index in [0.29, 0.717) is 12.4 Å². The van der Waals surface area contributed by atoms with E-state index >= 15 is 0 Å². The van der Waals surface area contributed by atoms with Crippen molar-refractivity contribution in [1.29, 1.82) is 0 Å². The molecule has 122 valence electrons. The minimum Gasteiger partial charge on any atom is -0.504 e. The van der Waals surface area contributed by atoms with Crippen LogP contribution in [0.25, 0.3) is 10.4 Å². The summed E-state index contributed by atoms with van der Waals surface area (Å²) >= 11 is 1.68. The van der Waals surface area contributed by atoms with Crippen LogP contribution in [0.3, 0.4) is 0 Å². The van der Waals surface area contributed by atoms with Gasteiger partial charge in [0.15, 0.2) is 11.5 Å². The Morgan fingerprint density at radius 3 is 2.75 bits per heavy atom. The molecule has 0 spiro atoms. The summed E-state index contributed by atoms with van der Waals surface area (Å²) in [6, 6.07) is 18.5. The maximum atomic E-state index is 10.4. The monoisotopic (exact) mass is 337 g/mol. The predicted molar refractivity (Wildman–Crippen MR) is 97.5 cm³/mol. The molecule has 1 aliphatic rings. The SMILES string of the molecule is Oc1cc(-c2cccs2)cc2c1OCCN(Cc1ccccc1)C2. The maximum absolute atomic E-state index is 10.4. The molecule has 4 heteroatoms. The fourth-order valence-electron chi connectivity index (χ4n) is 3.11. The fraction of sp³-hybridized carbons (Fsp3) is 0.200. The zero-order chi connectivity index (χ0) is 16.4. The number of phenolic OH excluding ortho intramolecular Hbond substituents is 1. The molecule has 2 aromatic carbocycles. The summed E-state index contributed by atoms with van der Waals surface area (Å²) < 4.78 is 5.83. The summed E-state index contributed by atoms with van der Waals surface area (Å²) in [5, 5.41) is 12.4. The zero-order valence-electron chi connectivity index (χ0n) is 13.3. The van der Waals surface area contributed by atoms with Crippen molar-refractivity contribution in [3.05, 3.63) is 71.1 Å². The lowest BCUT2D eigenvalue weighted by Gasteiger charge is -2.19. The van der Waals surface area contributed by atoms with Gasteiger partial charge in [-0.15, -0.1) is 11.3 Å². The van der Waals surface area contributed by atoms with Gasteiger partial charge in [0.25, 0.3) is 0 Å². The summed E-state index contributed by atoms with van der Waals surface area (Å²) in [6.07, 6.45) is 0. The van der Waals surface area contributed by atoms with Crippen molar-refractivity contribution in [3.8, 4) is 21.9 Å². The van der Waals surface area contributed by atoms with E-state index < -0.39 is 0 Å². The Hall–Kier alpha value is -2.30. The average Bonchev–Trinajstić information content (AvgIpc) is 3.05. The molecule has 0 bridgehead atoms. The predicted octanol–water partition coefficient (Wildman–Crippen LogP) is 4.52. The molecule has 4 rings (SSSR count). The molecule has 0 unspecified atom stereocenters. The molecule has 0 saturated carbocycles. The highest BCUT2D eigenvalue weighted by atomic mass is 32.1. The van der Waals surface area contributed by atoms with E-state index in [1.807, 2.05) is 12.1 Å². The number of ether oxygens (including phenoxy) is 1. The van der Waals surface area contributed by atoms with Crippen LogP contribution < -0.4 is 4.74 Å². The molecule has 0 amide bonds. The Morgan fingerprint density at radius 2 is 1.96 bits per heavy atom. The van der Waals surface area contributed by atoms with Crippen LogP contribution in [-0.4, -0.2) is 23.2 Å². The lowest BCUT2D eigenvalue weighted by Crippen LogP contribution is -2.25. The van der Waals surface area contributed by atoms with Crippen molar-refractivity contribution < 1.29 is 9.84 Å². The number of phenols is 1. The number of thiophene rings is 1. The minimum absolute atomic E-state index is 0.234. The van der Waals surface area contributed by atoms with E-state index in [9.17, 15) is 5.11 Å². The molecule has 3 nitrogen and oxygen atoms in total. The second-order valence-electron chi connectivity index (χ2n) is 6.01. The van der Waals surface area contributed by atoms with E-state index in [4.69, 9.17) is 4.74 Å². The number of hydrogen-bond donors (Lipinski definition) is 1. The largest absolute Gasteiger partial charge is 0.504 e. The second kappa shape index (κ2) is 6.67. The van der Waals surface area contributed by atoms with Crippen LogP contribution in [0.1, 0.15) is 11.1 Å². The highest BCUT2D eigenvalue weighted by Gasteiger charge is 2.20. The van der Waals surface area contributed by atoms with Crippen LogP contribution in [0.2, 0.25) is 0 Å². The van der Waals surface area contributed by atoms with E-state index in [-0.39, 0.29) is 5.75 Å². The van der Waals surface area contributed by atoms with Gasteiger partial charge in [0, 0.05) is 30.1 Å². The Kier molecular flexibility index (Phi) is 4.24. The summed E-state index contributed by atoms with van der Waals surface area (Å²) in [4.78, 5) is 3.52. The van der Waals surface area contributed by atoms with Gasteiger partial charge in [-0.1, -0.05) is 36.4 Å². The first-order valence-corrected chi connectivity index (χ1v) is 8.96. The first-order chi connectivity index (χ1) is 11.8. The van der Waals surface area contributed by atoms with E-state index in [1.54, 1.807) is 17.4 Å². The smallest absolute Gasteiger partial charge is 0.165 e. The normalized spacial score (nSPS) is 14.7. The lowest BCUT2D eigenvalue weighted by atomic mass is 10.1. The number of rotatable bonds is 3. The number of nitrogens with zero attached hydrogens (tertiary/aromatic N) is 1. The van der Waals surface area contributed by atoms with Crippen LogP contribution in [0.4, 0.5) is 0 Å². The van der Waals surface area contributed by atoms with Gasteiger partial charge in [0.05, 0.1) is 0 Å². The van der Waals surface area contributed by atoms with E-state index in [2.05, 4.69) is 46.7 Å². The van der Waals surface area contributed by atoms with Crippen LogP contribution in [0, 0.1) is 0 Å². The first kappa shape index (κ1) is 15.2. The molecular weight excluding hydrogens is 318 g/mol. The van der Waals surface area contributed by atoms with Crippen molar-refractivity contribution in [1.82, 2.24) is 4.90 Å². The van der Waals surface area contributed by atoms with Crippen molar-refractivity contribution in [2.75, 3.05) is 13.2 Å². The van der Waals surface area contributed by atoms with Crippen molar-refractivity contribution in [2.45, 2.75) is 13.1 Å². The van der Waals surface area contributed by atoms with Gasteiger partial charge in [0.1, 0.15) is 6.61 Å². The third-order valence-electron chi connectivity index (χ3n) is 4.25. The Morgan fingerprint density at radius 1 is 1.08 bits per heavy atom. The Balaban J connectivity index is 1.63. The molecule has 1 aromatic heterocycles. The zero-order valence-corrected chi connectivity index (χ0v) is 14.1. The maximum Gasteiger partial charge on any atom is 0.165 e. The quantitative estimate of drug-likeness (QED) is 0.763. The molecule has 2 heterocycles. The molecule has 1 aliphatic heterocycles. The third-order valence-corrected chi connectivity index (χ3v) is 5.17. The van der Waals surface area contributed by atoms with Crippen LogP contribution in [0.15, 0.2) is 60.0 Å². The van der Waals surface area contributed by atoms with Gasteiger partial charge >= 0.3 is 0 Å². The molecule has 3 aromatic rings. The number of aromatic hydroxyl groups is 1. The Bertz CT molecular complexity index is 815. The summed E-state index contributed by atoms with van der Waals surface area (Å²) in [5.74, 6) is 0.864. The topological polar surface area (TPSA) is 32.7 Å². The van der Waals surface area contributed by atoms with E-state index in [0.717, 1.165) is 35.6 Å².